The van der Waals surface area contributed by atoms with Crippen molar-refractivity contribution in [1.82, 2.24) is 0 Å². The van der Waals surface area contributed by atoms with Crippen LogP contribution in [0.2, 0.25) is 0 Å². The zero-order valence-corrected chi connectivity index (χ0v) is 18.6. The summed E-state index contributed by atoms with van der Waals surface area (Å²) < 4.78 is 0. The Morgan fingerprint density at radius 2 is 0.882 bits per heavy atom. The minimum Gasteiger partial charge on any atom is -0.0616 e. The van der Waals surface area contributed by atoms with Crippen molar-refractivity contribution >= 4 is 43.1 Å². The zero-order valence-electron chi connectivity index (χ0n) is 18.6. The second-order valence-corrected chi connectivity index (χ2v) is 8.90. The maximum atomic E-state index is 3.86. The van der Waals surface area contributed by atoms with Crippen molar-refractivity contribution in [2.45, 2.75) is 0 Å². The Balaban J connectivity index is 1.63. The maximum Gasteiger partial charge on any atom is -0.000740 e. The molecular formula is C34H21. The third kappa shape index (κ3) is 3.00. The van der Waals surface area contributed by atoms with E-state index in [4.69, 9.17) is 0 Å². The highest BCUT2D eigenvalue weighted by Gasteiger charge is 2.15. The molecule has 157 valence electrons. The second-order valence-electron chi connectivity index (χ2n) is 8.90. The lowest BCUT2D eigenvalue weighted by atomic mass is 9.87. The van der Waals surface area contributed by atoms with Crippen LogP contribution in [0.1, 0.15) is 0 Å². The molecule has 0 saturated heterocycles. The fraction of sp³-hybridized carbons (Fsp3) is 0. The van der Waals surface area contributed by atoms with E-state index >= 15 is 0 Å². The summed E-state index contributed by atoms with van der Waals surface area (Å²) in [5, 5.41) is 9.87. The molecule has 0 heteroatoms. The minimum absolute atomic E-state index is 1.14. The highest BCUT2D eigenvalue weighted by molar-refractivity contribution is 6.09. The first-order chi connectivity index (χ1) is 16.8. The van der Waals surface area contributed by atoms with E-state index in [0.717, 1.165) is 10.9 Å². The van der Waals surface area contributed by atoms with Crippen LogP contribution in [0.4, 0.5) is 0 Å². The van der Waals surface area contributed by atoms with Crippen molar-refractivity contribution in [1.29, 1.82) is 0 Å². The van der Waals surface area contributed by atoms with Gasteiger partial charge in [0.15, 0.2) is 0 Å². The van der Waals surface area contributed by atoms with Crippen molar-refractivity contribution in [3.63, 3.8) is 0 Å². The van der Waals surface area contributed by atoms with Crippen LogP contribution in [0.5, 0.6) is 0 Å². The normalized spacial score (nSPS) is 11.5. The smallest absolute Gasteiger partial charge is 0.000740 e. The summed E-state index contributed by atoms with van der Waals surface area (Å²) in [6, 6.07) is 49.8. The molecule has 1 radical (unpaired) electrons. The average molecular weight is 430 g/mol. The molecule has 0 bridgehead atoms. The van der Waals surface area contributed by atoms with Crippen molar-refractivity contribution in [3.8, 4) is 22.3 Å². The molecule has 0 aromatic heterocycles. The van der Waals surface area contributed by atoms with E-state index in [1.54, 1.807) is 0 Å². The predicted octanol–water partition coefficient (Wildman–Crippen LogP) is 9.43. The summed E-state index contributed by atoms with van der Waals surface area (Å²) in [5.74, 6) is 0. The number of hydrogen-bond donors (Lipinski definition) is 0. The van der Waals surface area contributed by atoms with Gasteiger partial charge in [0.2, 0.25) is 0 Å². The van der Waals surface area contributed by atoms with E-state index in [0.29, 0.717) is 0 Å². The van der Waals surface area contributed by atoms with Crippen LogP contribution < -0.4 is 0 Å². The Hall–Kier alpha value is -4.42. The van der Waals surface area contributed by atoms with Gasteiger partial charge < -0.3 is 0 Å². The molecule has 0 aliphatic heterocycles. The number of fused-ring (bicyclic) bond motifs is 4. The first-order valence-electron chi connectivity index (χ1n) is 11.7. The molecule has 0 aliphatic rings. The van der Waals surface area contributed by atoms with Crippen LogP contribution in [0.25, 0.3) is 65.3 Å². The SMILES string of the molecule is [c]1c(-c2cccc3ccccc23)c(-c2cccc3ccccc23)cc2cc3ccccc3cc12. The molecule has 0 nitrogen and oxygen atoms in total. The van der Waals surface area contributed by atoms with Crippen LogP contribution in [-0.4, -0.2) is 0 Å². The average Bonchev–Trinajstić information content (AvgIpc) is 2.90. The van der Waals surface area contributed by atoms with Crippen LogP contribution in [0, 0.1) is 6.07 Å². The number of rotatable bonds is 2. The summed E-state index contributed by atoms with van der Waals surface area (Å²) in [7, 11) is 0. The topological polar surface area (TPSA) is 0 Å². The minimum atomic E-state index is 1.14. The fourth-order valence-corrected chi connectivity index (χ4v) is 5.24. The van der Waals surface area contributed by atoms with Gasteiger partial charge in [-0.05, 0) is 89.6 Å². The van der Waals surface area contributed by atoms with Gasteiger partial charge in [-0.2, -0.15) is 0 Å². The van der Waals surface area contributed by atoms with Gasteiger partial charge in [0, 0.05) is 0 Å². The second kappa shape index (κ2) is 7.57. The van der Waals surface area contributed by atoms with Gasteiger partial charge in [0.1, 0.15) is 0 Å². The Labute approximate surface area is 198 Å². The van der Waals surface area contributed by atoms with Crippen molar-refractivity contribution < 1.29 is 0 Å². The molecule has 0 atom stereocenters. The summed E-state index contributed by atoms with van der Waals surface area (Å²) in [5.41, 5.74) is 4.83. The van der Waals surface area contributed by atoms with Crippen LogP contribution in [0.3, 0.4) is 0 Å². The molecular weight excluding hydrogens is 408 g/mol. The lowest BCUT2D eigenvalue weighted by molar-refractivity contribution is 1.64. The van der Waals surface area contributed by atoms with E-state index in [9.17, 15) is 0 Å². The predicted molar refractivity (Wildman–Crippen MR) is 146 cm³/mol. The molecule has 0 aliphatic carbocycles. The molecule has 0 fully saturated rings. The lowest BCUT2D eigenvalue weighted by Gasteiger charge is -2.16. The van der Waals surface area contributed by atoms with Gasteiger partial charge >= 0.3 is 0 Å². The Morgan fingerprint density at radius 3 is 1.59 bits per heavy atom. The van der Waals surface area contributed by atoms with Crippen molar-refractivity contribution in [2.75, 3.05) is 0 Å². The first-order valence-corrected chi connectivity index (χ1v) is 11.7. The van der Waals surface area contributed by atoms with E-state index in [-0.39, 0.29) is 0 Å². The van der Waals surface area contributed by atoms with E-state index in [1.165, 1.54) is 54.4 Å². The van der Waals surface area contributed by atoms with Crippen LogP contribution >= 0.6 is 0 Å². The Morgan fingerprint density at radius 1 is 0.353 bits per heavy atom. The summed E-state index contributed by atoms with van der Waals surface area (Å²) in [6.07, 6.45) is 0. The third-order valence-corrected chi connectivity index (χ3v) is 6.89. The van der Waals surface area contributed by atoms with Crippen LogP contribution in [-0.2, 0) is 0 Å². The van der Waals surface area contributed by atoms with Gasteiger partial charge in [-0.15, -0.1) is 0 Å². The van der Waals surface area contributed by atoms with Crippen molar-refractivity contribution in [2.24, 2.45) is 0 Å². The quantitative estimate of drug-likeness (QED) is 0.240. The zero-order chi connectivity index (χ0) is 22.5. The third-order valence-electron chi connectivity index (χ3n) is 6.89. The Kier molecular flexibility index (Phi) is 4.25. The van der Waals surface area contributed by atoms with Gasteiger partial charge in [0.25, 0.3) is 0 Å². The monoisotopic (exact) mass is 429 g/mol. The highest BCUT2D eigenvalue weighted by Crippen LogP contribution is 2.41. The van der Waals surface area contributed by atoms with Gasteiger partial charge in [-0.3, -0.25) is 0 Å². The number of hydrogen-bond acceptors (Lipinski definition) is 0. The Bertz CT molecular complexity index is 1710. The largest absolute Gasteiger partial charge is 0.0616 e. The summed E-state index contributed by atoms with van der Waals surface area (Å²) >= 11 is 0. The molecule has 0 heterocycles. The fourth-order valence-electron chi connectivity index (χ4n) is 5.24. The summed E-state index contributed by atoms with van der Waals surface area (Å²) in [4.78, 5) is 0. The molecule has 0 spiro atoms. The summed E-state index contributed by atoms with van der Waals surface area (Å²) in [6.45, 7) is 0. The van der Waals surface area contributed by atoms with Gasteiger partial charge in [-0.25, -0.2) is 0 Å². The standard InChI is InChI=1S/C34H21/c1-2-12-26-20-28-22-34(32-18-8-14-24-10-4-6-16-30(24)32)33(21-27(28)19-25(26)11-1)31-17-7-13-23-9-3-5-15-29(23)31/h1-21H. The van der Waals surface area contributed by atoms with E-state index in [1.807, 2.05) is 0 Å². The van der Waals surface area contributed by atoms with Gasteiger partial charge in [0.05, 0.1) is 0 Å². The molecule has 0 N–H and O–H groups in total. The molecule has 34 heavy (non-hydrogen) atoms. The van der Waals surface area contributed by atoms with Gasteiger partial charge in [-0.1, -0.05) is 109 Å². The van der Waals surface area contributed by atoms with E-state index < -0.39 is 0 Å². The lowest BCUT2D eigenvalue weighted by Crippen LogP contribution is -1.90. The van der Waals surface area contributed by atoms with Crippen molar-refractivity contribution in [3.05, 3.63) is 133 Å². The molecule has 7 aromatic rings. The maximum absolute atomic E-state index is 3.86. The molecule has 0 saturated carbocycles. The molecule has 7 aromatic carbocycles. The van der Waals surface area contributed by atoms with E-state index in [2.05, 4.69) is 133 Å². The molecule has 7 rings (SSSR count). The molecule has 0 amide bonds. The molecule has 0 unspecified atom stereocenters. The number of benzene rings is 7. The van der Waals surface area contributed by atoms with Crippen LogP contribution in [0.15, 0.2) is 127 Å². The first kappa shape index (κ1) is 19.1. The highest BCUT2D eigenvalue weighted by atomic mass is 14.2.